The predicted molar refractivity (Wildman–Crippen MR) is 59.7 cm³/mol. The second-order valence-electron chi connectivity index (χ2n) is 5.70. The second kappa shape index (κ2) is 3.12. The van der Waals surface area contributed by atoms with Gasteiger partial charge in [-0.15, -0.1) is 11.6 Å². The summed E-state index contributed by atoms with van der Waals surface area (Å²) >= 11 is 6.41. The molecule has 80 valence electrons. The van der Waals surface area contributed by atoms with Crippen LogP contribution in [0.5, 0.6) is 0 Å². The molecule has 0 amide bonds. The molecular formula is C12H20ClN. The van der Waals surface area contributed by atoms with E-state index in [1.807, 2.05) is 0 Å². The summed E-state index contributed by atoms with van der Waals surface area (Å²) in [4.78, 5) is 0.127. The lowest BCUT2D eigenvalue weighted by atomic mass is 9.94. The lowest BCUT2D eigenvalue weighted by molar-refractivity contribution is 0.317. The molecule has 0 aromatic rings. The van der Waals surface area contributed by atoms with E-state index in [1.165, 1.54) is 38.5 Å². The molecule has 1 N–H and O–H groups in total. The molecule has 0 spiro atoms. The number of hydrogen-bond donors (Lipinski definition) is 1. The van der Waals surface area contributed by atoms with Gasteiger partial charge in [0, 0.05) is 12.1 Å². The first-order valence-electron chi connectivity index (χ1n) is 6.12. The van der Waals surface area contributed by atoms with Crippen LogP contribution < -0.4 is 5.32 Å². The molecule has 4 atom stereocenters. The van der Waals surface area contributed by atoms with Crippen LogP contribution in [-0.2, 0) is 0 Å². The Hall–Kier alpha value is 0.250. The molecule has 0 heterocycles. The van der Waals surface area contributed by atoms with Gasteiger partial charge in [0.25, 0.3) is 0 Å². The van der Waals surface area contributed by atoms with E-state index in [0.717, 1.165) is 17.9 Å². The van der Waals surface area contributed by atoms with Crippen molar-refractivity contribution in [3.8, 4) is 0 Å². The van der Waals surface area contributed by atoms with E-state index in [1.54, 1.807) is 0 Å². The van der Waals surface area contributed by atoms with E-state index in [9.17, 15) is 0 Å². The molecule has 14 heavy (non-hydrogen) atoms. The predicted octanol–water partition coefficient (Wildman–Crippen LogP) is 2.92. The molecule has 4 unspecified atom stereocenters. The number of alkyl halides is 1. The average molecular weight is 214 g/mol. The number of fused-ring (bicyclic) bond motifs is 2. The van der Waals surface area contributed by atoms with Crippen molar-refractivity contribution >= 4 is 11.6 Å². The summed E-state index contributed by atoms with van der Waals surface area (Å²) in [6.45, 7) is 2.27. The molecule has 3 aliphatic rings. The SMILES string of the molecule is CC(NC1CC2CCC1C2)C1(Cl)CC1. The Morgan fingerprint density at radius 1 is 1.29 bits per heavy atom. The van der Waals surface area contributed by atoms with Crippen LogP contribution in [0.2, 0.25) is 0 Å². The van der Waals surface area contributed by atoms with Crippen molar-refractivity contribution in [2.45, 2.75) is 62.4 Å². The zero-order valence-corrected chi connectivity index (χ0v) is 9.69. The Bertz CT molecular complexity index is 236. The molecule has 0 aromatic carbocycles. The Morgan fingerprint density at radius 3 is 2.57 bits per heavy atom. The first-order chi connectivity index (χ1) is 6.67. The van der Waals surface area contributed by atoms with Gasteiger partial charge < -0.3 is 5.32 Å². The van der Waals surface area contributed by atoms with Crippen molar-refractivity contribution in [3.63, 3.8) is 0 Å². The minimum absolute atomic E-state index is 0.127. The maximum Gasteiger partial charge on any atom is 0.0598 e. The topological polar surface area (TPSA) is 12.0 Å². The number of rotatable bonds is 3. The van der Waals surface area contributed by atoms with Crippen LogP contribution in [-0.4, -0.2) is 17.0 Å². The van der Waals surface area contributed by atoms with Crippen molar-refractivity contribution in [2.24, 2.45) is 11.8 Å². The molecule has 3 saturated carbocycles. The molecule has 0 aliphatic heterocycles. The highest BCUT2D eigenvalue weighted by atomic mass is 35.5. The van der Waals surface area contributed by atoms with Crippen LogP contribution in [0.3, 0.4) is 0 Å². The fourth-order valence-electron chi connectivity index (χ4n) is 3.47. The number of hydrogen-bond acceptors (Lipinski definition) is 1. The normalized spacial score (nSPS) is 45.4. The summed E-state index contributed by atoms with van der Waals surface area (Å²) in [6.07, 6.45) is 8.28. The zero-order chi connectivity index (χ0) is 9.76. The Kier molecular flexibility index (Phi) is 2.11. The van der Waals surface area contributed by atoms with Gasteiger partial charge in [0.15, 0.2) is 0 Å². The van der Waals surface area contributed by atoms with Gasteiger partial charge in [-0.25, -0.2) is 0 Å². The van der Waals surface area contributed by atoms with Crippen molar-refractivity contribution in [2.75, 3.05) is 0 Å². The monoisotopic (exact) mass is 213 g/mol. The van der Waals surface area contributed by atoms with Gasteiger partial charge in [0.1, 0.15) is 0 Å². The molecule has 3 aliphatic carbocycles. The van der Waals surface area contributed by atoms with Gasteiger partial charge >= 0.3 is 0 Å². The summed E-state index contributed by atoms with van der Waals surface area (Å²) in [5.74, 6) is 2.01. The van der Waals surface area contributed by atoms with Crippen LogP contribution in [0.15, 0.2) is 0 Å². The highest BCUT2D eigenvalue weighted by Gasteiger charge is 2.48. The van der Waals surface area contributed by atoms with Crippen LogP contribution in [0.25, 0.3) is 0 Å². The fourth-order valence-corrected chi connectivity index (χ4v) is 3.63. The van der Waals surface area contributed by atoms with Crippen LogP contribution in [0.4, 0.5) is 0 Å². The van der Waals surface area contributed by atoms with Gasteiger partial charge in [-0.1, -0.05) is 6.42 Å². The third-order valence-corrected chi connectivity index (χ3v) is 5.41. The minimum atomic E-state index is 0.127. The summed E-state index contributed by atoms with van der Waals surface area (Å²) in [5, 5.41) is 3.78. The standard InChI is InChI=1S/C12H20ClN/c1-8(12(13)4-5-12)14-11-7-9-2-3-10(11)6-9/h8-11,14H,2-7H2,1H3. The zero-order valence-electron chi connectivity index (χ0n) is 8.93. The Balaban J connectivity index is 1.57. The Morgan fingerprint density at radius 2 is 2.07 bits per heavy atom. The van der Waals surface area contributed by atoms with Crippen molar-refractivity contribution in [1.82, 2.24) is 5.32 Å². The van der Waals surface area contributed by atoms with Gasteiger partial charge in [0.2, 0.25) is 0 Å². The van der Waals surface area contributed by atoms with E-state index in [4.69, 9.17) is 11.6 Å². The van der Waals surface area contributed by atoms with Crippen molar-refractivity contribution < 1.29 is 0 Å². The highest BCUT2D eigenvalue weighted by molar-refractivity contribution is 6.26. The van der Waals surface area contributed by atoms with Crippen molar-refractivity contribution in [3.05, 3.63) is 0 Å². The molecule has 2 heteroatoms. The quantitative estimate of drug-likeness (QED) is 0.711. The van der Waals surface area contributed by atoms with E-state index >= 15 is 0 Å². The maximum atomic E-state index is 6.41. The van der Waals surface area contributed by atoms with Gasteiger partial charge in [-0.3, -0.25) is 0 Å². The van der Waals surface area contributed by atoms with Gasteiger partial charge in [0.05, 0.1) is 4.87 Å². The van der Waals surface area contributed by atoms with Crippen LogP contribution in [0, 0.1) is 11.8 Å². The average Bonchev–Trinajstić information content (AvgIpc) is 2.63. The lowest BCUT2D eigenvalue weighted by Crippen LogP contribution is -2.45. The first kappa shape index (κ1) is 9.47. The van der Waals surface area contributed by atoms with Crippen LogP contribution >= 0.6 is 11.6 Å². The van der Waals surface area contributed by atoms with Gasteiger partial charge in [-0.05, 0) is 50.9 Å². The Labute approximate surface area is 91.6 Å². The van der Waals surface area contributed by atoms with E-state index < -0.39 is 0 Å². The summed E-state index contributed by atoms with van der Waals surface area (Å²) < 4.78 is 0. The molecule has 2 bridgehead atoms. The third-order valence-electron chi connectivity index (χ3n) is 4.71. The summed E-state index contributed by atoms with van der Waals surface area (Å²) in [5.41, 5.74) is 0. The smallest absolute Gasteiger partial charge is 0.0598 e. The summed E-state index contributed by atoms with van der Waals surface area (Å²) in [6, 6.07) is 1.31. The highest BCUT2D eigenvalue weighted by Crippen LogP contribution is 2.48. The molecule has 0 radical (unpaired) electrons. The number of halogens is 1. The molecule has 3 rings (SSSR count). The lowest BCUT2D eigenvalue weighted by Gasteiger charge is -2.29. The molecule has 0 saturated heterocycles. The molecule has 3 fully saturated rings. The van der Waals surface area contributed by atoms with E-state index in [0.29, 0.717) is 6.04 Å². The van der Waals surface area contributed by atoms with Crippen LogP contribution in [0.1, 0.15) is 45.4 Å². The maximum absolute atomic E-state index is 6.41. The molecular weight excluding hydrogens is 194 g/mol. The molecule has 0 aromatic heterocycles. The second-order valence-corrected chi connectivity index (χ2v) is 6.46. The number of nitrogens with one attached hydrogen (secondary N) is 1. The third kappa shape index (κ3) is 1.49. The fraction of sp³-hybridized carbons (Fsp3) is 1.00. The minimum Gasteiger partial charge on any atom is -0.309 e. The largest absolute Gasteiger partial charge is 0.309 e. The first-order valence-corrected chi connectivity index (χ1v) is 6.50. The molecule has 1 nitrogen and oxygen atoms in total. The summed E-state index contributed by atoms with van der Waals surface area (Å²) in [7, 11) is 0. The van der Waals surface area contributed by atoms with E-state index in [-0.39, 0.29) is 4.87 Å². The van der Waals surface area contributed by atoms with Gasteiger partial charge in [-0.2, -0.15) is 0 Å². The van der Waals surface area contributed by atoms with Crippen molar-refractivity contribution in [1.29, 1.82) is 0 Å². The van der Waals surface area contributed by atoms with E-state index in [2.05, 4.69) is 12.2 Å².